The number of aliphatic carboxylic acids is 1. The fourth-order valence-electron chi connectivity index (χ4n) is 1.24. The molecule has 0 bridgehead atoms. The molecule has 0 aliphatic carbocycles. The van der Waals surface area contributed by atoms with Crippen LogP contribution in [0.25, 0.3) is 0 Å². The first-order chi connectivity index (χ1) is 5.47. The molecule has 0 aromatic carbocycles. The minimum Gasteiger partial charge on any atom is -0.478 e. The molecule has 12 heavy (non-hydrogen) atoms. The number of ether oxygens (including phenoxy) is 1. The number of carboxylic acid groups (broad SMARTS) is 1. The Hall–Kier alpha value is -0.830. The maximum Gasteiger partial charge on any atom is 0.331 e. The number of carboxylic acids is 1. The Balaban J connectivity index is 2.87. The highest BCUT2D eigenvalue weighted by molar-refractivity contribution is 5.87. The number of hydrogen-bond donors (Lipinski definition) is 1. The summed E-state index contributed by atoms with van der Waals surface area (Å²) in [6, 6.07) is 0. The molecule has 0 saturated carbocycles. The van der Waals surface area contributed by atoms with Crippen molar-refractivity contribution in [1.82, 2.24) is 0 Å². The highest BCUT2D eigenvalue weighted by atomic mass is 16.5. The summed E-state index contributed by atoms with van der Waals surface area (Å²) < 4.78 is 5.06. The quantitative estimate of drug-likeness (QED) is 0.638. The Morgan fingerprint density at radius 2 is 1.92 bits per heavy atom. The van der Waals surface area contributed by atoms with Gasteiger partial charge in [-0.05, 0) is 13.8 Å². The summed E-state index contributed by atoms with van der Waals surface area (Å²) in [5, 5.41) is 8.74. The summed E-state index contributed by atoms with van der Waals surface area (Å²) in [5.74, 6) is -0.833. The molecule has 0 aromatic heterocycles. The zero-order valence-corrected chi connectivity index (χ0v) is 7.68. The van der Waals surface area contributed by atoms with Gasteiger partial charge in [-0.1, -0.05) is 12.5 Å². The van der Waals surface area contributed by atoms with Gasteiger partial charge in [0.05, 0.1) is 13.2 Å². The van der Waals surface area contributed by atoms with Gasteiger partial charge in [0.1, 0.15) is 0 Å². The van der Waals surface area contributed by atoms with Gasteiger partial charge in [-0.3, -0.25) is 0 Å². The van der Waals surface area contributed by atoms with Crippen LogP contribution >= 0.6 is 0 Å². The third-order valence-electron chi connectivity index (χ3n) is 2.63. The van der Waals surface area contributed by atoms with E-state index in [-0.39, 0.29) is 5.41 Å². The molecule has 1 saturated heterocycles. The van der Waals surface area contributed by atoms with Crippen molar-refractivity contribution in [2.24, 2.45) is 5.41 Å². The third-order valence-corrected chi connectivity index (χ3v) is 2.63. The molecule has 3 heteroatoms. The van der Waals surface area contributed by atoms with Crippen LogP contribution in [0, 0.1) is 5.41 Å². The van der Waals surface area contributed by atoms with Gasteiger partial charge in [0, 0.05) is 11.0 Å². The van der Waals surface area contributed by atoms with Crippen LogP contribution in [0.15, 0.2) is 11.1 Å². The van der Waals surface area contributed by atoms with Crippen molar-refractivity contribution in [3.63, 3.8) is 0 Å². The van der Waals surface area contributed by atoms with Crippen LogP contribution in [-0.4, -0.2) is 24.3 Å². The van der Waals surface area contributed by atoms with Crippen LogP contribution in [0.1, 0.15) is 20.8 Å². The van der Waals surface area contributed by atoms with Gasteiger partial charge >= 0.3 is 5.97 Å². The molecule has 1 aliphatic heterocycles. The van der Waals surface area contributed by atoms with Gasteiger partial charge in [0.25, 0.3) is 0 Å². The second kappa shape index (κ2) is 2.90. The lowest BCUT2D eigenvalue weighted by Gasteiger charge is -2.39. The van der Waals surface area contributed by atoms with Crippen molar-refractivity contribution in [3.8, 4) is 0 Å². The number of hydrogen-bond acceptors (Lipinski definition) is 2. The average Bonchev–Trinajstić information content (AvgIpc) is 1.97. The summed E-state index contributed by atoms with van der Waals surface area (Å²) in [5.41, 5.74) is 1.34. The van der Waals surface area contributed by atoms with Crippen molar-refractivity contribution < 1.29 is 14.6 Å². The fraction of sp³-hybridized carbons (Fsp3) is 0.667. The molecule has 68 valence electrons. The summed E-state index contributed by atoms with van der Waals surface area (Å²) in [7, 11) is 0. The predicted molar refractivity (Wildman–Crippen MR) is 44.9 cm³/mol. The molecule has 0 atom stereocenters. The van der Waals surface area contributed by atoms with Crippen LogP contribution < -0.4 is 0 Å². The molecule has 1 rings (SSSR count). The van der Waals surface area contributed by atoms with Crippen molar-refractivity contribution in [3.05, 3.63) is 11.1 Å². The Morgan fingerprint density at radius 1 is 1.42 bits per heavy atom. The summed E-state index contributed by atoms with van der Waals surface area (Å²) in [6.07, 6.45) is 0. The van der Waals surface area contributed by atoms with Crippen molar-refractivity contribution in [1.29, 1.82) is 0 Å². The zero-order valence-electron chi connectivity index (χ0n) is 7.68. The molecule has 0 amide bonds. The topological polar surface area (TPSA) is 46.5 Å². The SMILES string of the molecule is C/C(C(=O)O)=C(/C)C1(C)COC1. The summed E-state index contributed by atoms with van der Waals surface area (Å²) >= 11 is 0. The molecule has 1 heterocycles. The smallest absolute Gasteiger partial charge is 0.331 e. The Kier molecular flexibility index (Phi) is 2.24. The molecular formula is C9H14O3. The normalized spacial score (nSPS) is 22.6. The van der Waals surface area contributed by atoms with E-state index in [0.29, 0.717) is 18.8 Å². The molecule has 0 aromatic rings. The average molecular weight is 170 g/mol. The van der Waals surface area contributed by atoms with Crippen molar-refractivity contribution in [2.75, 3.05) is 13.2 Å². The first-order valence-corrected chi connectivity index (χ1v) is 3.96. The first kappa shape index (κ1) is 9.26. The molecule has 1 N–H and O–H groups in total. The van der Waals surface area contributed by atoms with Crippen molar-refractivity contribution in [2.45, 2.75) is 20.8 Å². The Bertz CT molecular complexity index is 236. The van der Waals surface area contributed by atoms with E-state index in [0.717, 1.165) is 5.57 Å². The maximum absolute atomic E-state index is 10.6. The predicted octanol–water partition coefficient (Wildman–Crippen LogP) is 1.44. The van der Waals surface area contributed by atoms with E-state index in [4.69, 9.17) is 9.84 Å². The van der Waals surface area contributed by atoms with Crippen LogP contribution in [0.4, 0.5) is 0 Å². The van der Waals surface area contributed by atoms with Gasteiger partial charge in [-0.25, -0.2) is 4.79 Å². The highest BCUT2D eigenvalue weighted by Crippen LogP contribution is 2.36. The second-order valence-corrected chi connectivity index (χ2v) is 3.61. The van der Waals surface area contributed by atoms with Gasteiger partial charge in [0.2, 0.25) is 0 Å². The van der Waals surface area contributed by atoms with Gasteiger partial charge in [0.15, 0.2) is 0 Å². The van der Waals surface area contributed by atoms with Crippen LogP contribution in [0.5, 0.6) is 0 Å². The lowest BCUT2D eigenvalue weighted by atomic mass is 9.79. The molecule has 0 unspecified atom stereocenters. The second-order valence-electron chi connectivity index (χ2n) is 3.61. The molecule has 1 fully saturated rings. The monoisotopic (exact) mass is 170 g/mol. The largest absolute Gasteiger partial charge is 0.478 e. The van der Waals surface area contributed by atoms with E-state index in [1.54, 1.807) is 6.92 Å². The van der Waals surface area contributed by atoms with Crippen molar-refractivity contribution >= 4 is 5.97 Å². The summed E-state index contributed by atoms with van der Waals surface area (Å²) in [4.78, 5) is 10.6. The third kappa shape index (κ3) is 1.37. The fourth-order valence-corrected chi connectivity index (χ4v) is 1.24. The van der Waals surface area contributed by atoms with E-state index in [9.17, 15) is 4.79 Å². The van der Waals surface area contributed by atoms with Gasteiger partial charge < -0.3 is 9.84 Å². The minimum absolute atomic E-state index is 0.0392. The van der Waals surface area contributed by atoms with E-state index in [1.165, 1.54) is 0 Å². The standard InChI is InChI=1S/C9H14O3/c1-6(8(10)11)7(2)9(3)4-12-5-9/h4-5H2,1-3H3,(H,10,11)/b7-6+. The lowest BCUT2D eigenvalue weighted by molar-refractivity contribution is -0.133. The number of rotatable bonds is 2. The maximum atomic E-state index is 10.6. The van der Waals surface area contributed by atoms with E-state index in [2.05, 4.69) is 0 Å². The lowest BCUT2D eigenvalue weighted by Crippen LogP contribution is -2.41. The number of carbonyl (C=O) groups is 1. The minimum atomic E-state index is -0.833. The first-order valence-electron chi connectivity index (χ1n) is 3.96. The summed E-state index contributed by atoms with van der Waals surface area (Å²) in [6.45, 7) is 6.82. The molecule has 3 nitrogen and oxygen atoms in total. The van der Waals surface area contributed by atoms with E-state index < -0.39 is 5.97 Å². The zero-order chi connectivity index (χ0) is 9.35. The highest BCUT2D eigenvalue weighted by Gasteiger charge is 2.36. The van der Waals surface area contributed by atoms with Gasteiger partial charge in [-0.15, -0.1) is 0 Å². The Labute approximate surface area is 72.0 Å². The van der Waals surface area contributed by atoms with Crippen LogP contribution in [-0.2, 0) is 9.53 Å². The van der Waals surface area contributed by atoms with Crippen LogP contribution in [0.3, 0.4) is 0 Å². The molecular weight excluding hydrogens is 156 g/mol. The molecule has 0 radical (unpaired) electrons. The van der Waals surface area contributed by atoms with Gasteiger partial charge in [-0.2, -0.15) is 0 Å². The van der Waals surface area contributed by atoms with E-state index in [1.807, 2.05) is 13.8 Å². The molecule has 1 aliphatic rings. The Morgan fingerprint density at radius 3 is 2.17 bits per heavy atom. The van der Waals surface area contributed by atoms with E-state index >= 15 is 0 Å². The van der Waals surface area contributed by atoms with Crippen LogP contribution in [0.2, 0.25) is 0 Å². The molecule has 0 spiro atoms.